The molecule has 1 unspecified atom stereocenters. The number of nitrogens with zero attached hydrogens (tertiary/aromatic N) is 1. The summed E-state index contributed by atoms with van der Waals surface area (Å²) < 4.78 is 0. The highest BCUT2D eigenvalue weighted by molar-refractivity contribution is 5.98. The van der Waals surface area contributed by atoms with E-state index in [9.17, 15) is 0 Å². The van der Waals surface area contributed by atoms with E-state index >= 15 is 0 Å². The molecule has 0 radical (unpaired) electrons. The van der Waals surface area contributed by atoms with Gasteiger partial charge in [0.05, 0.1) is 0 Å². The highest BCUT2D eigenvalue weighted by atomic mass is 15.2. The minimum absolute atomic E-state index is 0.700. The van der Waals surface area contributed by atoms with Crippen LogP contribution in [0.3, 0.4) is 0 Å². The maximum atomic E-state index is 4.18. The van der Waals surface area contributed by atoms with Crippen molar-refractivity contribution >= 4 is 11.9 Å². The molecule has 2 aliphatic rings. The Morgan fingerprint density at radius 2 is 2.60 bits per heavy atom. The van der Waals surface area contributed by atoms with E-state index < -0.39 is 0 Å². The standard InChI is InChI=1S/C8H10N2/c1-2-4-8-7(3-1)5-6-9-10-8/h2,4,6-7H,1,3,5H2/p+1. The van der Waals surface area contributed by atoms with Crippen LogP contribution in [-0.4, -0.2) is 11.9 Å². The Hall–Kier alpha value is -0.920. The van der Waals surface area contributed by atoms with Crippen LogP contribution in [0.4, 0.5) is 0 Å². The Balaban J connectivity index is 2.27. The molecule has 1 N–H and O–H groups in total. The lowest BCUT2D eigenvalue weighted by Crippen LogP contribution is -2.64. The normalized spacial score (nSPS) is 29.6. The van der Waals surface area contributed by atoms with Crippen molar-refractivity contribution in [1.82, 2.24) is 0 Å². The molecule has 0 aromatic rings. The molecule has 0 spiro atoms. The van der Waals surface area contributed by atoms with E-state index in [1.807, 2.05) is 6.21 Å². The van der Waals surface area contributed by atoms with E-state index in [1.54, 1.807) is 0 Å². The molecule has 1 heterocycles. The summed E-state index contributed by atoms with van der Waals surface area (Å²) in [6.07, 6.45) is 10.00. The highest BCUT2D eigenvalue weighted by Gasteiger charge is 2.20. The maximum absolute atomic E-state index is 4.18. The van der Waals surface area contributed by atoms with Gasteiger partial charge in [-0.3, -0.25) is 0 Å². The first-order valence-electron chi connectivity index (χ1n) is 3.78. The van der Waals surface area contributed by atoms with E-state index in [4.69, 9.17) is 0 Å². The topological polar surface area (TPSA) is 26.3 Å². The molecule has 2 nitrogen and oxygen atoms in total. The molecule has 0 fully saturated rings. The SMILES string of the molecule is C1=CC2=N[NH+]=CCC2CC1. The van der Waals surface area contributed by atoms with Gasteiger partial charge in [-0.05, 0) is 24.0 Å². The molecule has 0 aromatic carbocycles. The number of hydrogen-bond donors (Lipinski definition) is 1. The number of fused-ring (bicyclic) bond motifs is 1. The molecule has 1 aliphatic carbocycles. The van der Waals surface area contributed by atoms with Crippen LogP contribution in [0.5, 0.6) is 0 Å². The third kappa shape index (κ3) is 0.897. The molecule has 0 aromatic heterocycles. The summed E-state index contributed by atoms with van der Waals surface area (Å²) in [4.78, 5) is 0. The van der Waals surface area contributed by atoms with Crippen molar-refractivity contribution in [2.75, 3.05) is 0 Å². The summed E-state index contributed by atoms with van der Waals surface area (Å²) in [5.74, 6) is 0.700. The monoisotopic (exact) mass is 135 g/mol. The lowest BCUT2D eigenvalue weighted by molar-refractivity contribution is -0.460. The number of allylic oxidation sites excluding steroid dienone is 2. The van der Waals surface area contributed by atoms with Crippen molar-refractivity contribution in [2.24, 2.45) is 11.0 Å². The first-order valence-corrected chi connectivity index (χ1v) is 3.78. The fourth-order valence-electron chi connectivity index (χ4n) is 1.47. The molecule has 0 amide bonds. The predicted molar refractivity (Wildman–Crippen MR) is 40.9 cm³/mol. The van der Waals surface area contributed by atoms with E-state index in [-0.39, 0.29) is 0 Å². The van der Waals surface area contributed by atoms with Gasteiger partial charge in [0.2, 0.25) is 0 Å². The minimum Gasteiger partial charge on any atom is -0.110 e. The molecule has 2 rings (SSSR count). The summed E-state index contributed by atoms with van der Waals surface area (Å²) >= 11 is 0. The third-order valence-corrected chi connectivity index (χ3v) is 2.08. The van der Waals surface area contributed by atoms with Gasteiger partial charge in [0.25, 0.3) is 0 Å². The van der Waals surface area contributed by atoms with Gasteiger partial charge in [0.1, 0.15) is 5.71 Å². The Morgan fingerprint density at radius 3 is 3.50 bits per heavy atom. The summed E-state index contributed by atoms with van der Waals surface area (Å²) in [6.45, 7) is 0. The second-order valence-corrected chi connectivity index (χ2v) is 2.78. The smallest absolute Gasteiger partial charge is 0.110 e. The molecule has 52 valence electrons. The van der Waals surface area contributed by atoms with Crippen molar-refractivity contribution in [3.05, 3.63) is 12.2 Å². The van der Waals surface area contributed by atoms with Gasteiger partial charge in [-0.25, -0.2) is 0 Å². The van der Waals surface area contributed by atoms with Crippen LogP contribution in [0.25, 0.3) is 0 Å². The summed E-state index contributed by atoms with van der Waals surface area (Å²) in [5, 5.41) is 7.07. The van der Waals surface area contributed by atoms with Gasteiger partial charge in [-0.2, -0.15) is 0 Å². The largest absolute Gasteiger partial charge is 0.170 e. The average Bonchev–Trinajstić information content (AvgIpc) is 2.05. The van der Waals surface area contributed by atoms with Crippen LogP contribution < -0.4 is 5.10 Å². The Morgan fingerprint density at radius 1 is 1.60 bits per heavy atom. The molecule has 10 heavy (non-hydrogen) atoms. The fraction of sp³-hybridized carbons (Fsp3) is 0.500. The minimum atomic E-state index is 0.700. The zero-order valence-corrected chi connectivity index (χ0v) is 5.88. The summed E-state index contributed by atoms with van der Waals surface area (Å²) in [6, 6.07) is 0. The van der Waals surface area contributed by atoms with Crippen molar-refractivity contribution in [3.63, 3.8) is 0 Å². The lowest BCUT2D eigenvalue weighted by atomic mass is 9.90. The van der Waals surface area contributed by atoms with Crippen molar-refractivity contribution in [3.8, 4) is 0 Å². The van der Waals surface area contributed by atoms with Crippen molar-refractivity contribution < 1.29 is 5.10 Å². The molecule has 2 heteroatoms. The van der Waals surface area contributed by atoms with Gasteiger partial charge in [-0.1, -0.05) is 6.08 Å². The predicted octanol–water partition coefficient (Wildman–Crippen LogP) is -0.136. The van der Waals surface area contributed by atoms with Gasteiger partial charge < -0.3 is 0 Å². The fourth-order valence-corrected chi connectivity index (χ4v) is 1.47. The summed E-state index contributed by atoms with van der Waals surface area (Å²) in [5.41, 5.74) is 1.23. The molecule has 0 bridgehead atoms. The quantitative estimate of drug-likeness (QED) is 0.479. The number of hydrazone groups is 1. The highest BCUT2D eigenvalue weighted by Crippen LogP contribution is 2.18. The van der Waals surface area contributed by atoms with Gasteiger partial charge >= 0.3 is 0 Å². The molecule has 0 saturated carbocycles. The molecule has 1 atom stereocenters. The second-order valence-electron chi connectivity index (χ2n) is 2.78. The van der Waals surface area contributed by atoms with Gasteiger partial charge in [-0.15, -0.1) is 5.10 Å². The van der Waals surface area contributed by atoms with Crippen LogP contribution in [0.15, 0.2) is 17.3 Å². The molecular weight excluding hydrogens is 124 g/mol. The average molecular weight is 135 g/mol. The maximum Gasteiger partial charge on any atom is 0.170 e. The summed E-state index contributed by atoms with van der Waals surface area (Å²) in [7, 11) is 0. The van der Waals surface area contributed by atoms with Crippen LogP contribution in [0.2, 0.25) is 0 Å². The molecule has 1 aliphatic heterocycles. The van der Waals surface area contributed by atoms with E-state index in [0.717, 1.165) is 6.42 Å². The van der Waals surface area contributed by atoms with Crippen LogP contribution in [-0.2, 0) is 0 Å². The molecular formula is C8H11N2+. The van der Waals surface area contributed by atoms with Crippen LogP contribution in [0, 0.1) is 5.92 Å². The second kappa shape index (κ2) is 2.37. The van der Waals surface area contributed by atoms with Gasteiger partial charge in [0.15, 0.2) is 6.21 Å². The Bertz CT molecular complexity index is 213. The van der Waals surface area contributed by atoms with Crippen molar-refractivity contribution in [2.45, 2.75) is 19.3 Å². The van der Waals surface area contributed by atoms with E-state index in [1.165, 1.54) is 18.6 Å². The Kier molecular flexibility index (Phi) is 1.38. The van der Waals surface area contributed by atoms with Gasteiger partial charge in [0, 0.05) is 12.3 Å². The Labute approximate surface area is 60.4 Å². The number of hydrogen-bond acceptors (Lipinski definition) is 1. The number of rotatable bonds is 0. The number of nitrogens with one attached hydrogen (secondary N) is 1. The zero-order valence-electron chi connectivity index (χ0n) is 5.88. The lowest BCUT2D eigenvalue weighted by Gasteiger charge is -2.15. The van der Waals surface area contributed by atoms with Crippen LogP contribution in [0.1, 0.15) is 19.3 Å². The van der Waals surface area contributed by atoms with E-state index in [0.29, 0.717) is 5.92 Å². The zero-order chi connectivity index (χ0) is 6.81. The first kappa shape index (κ1) is 5.83. The van der Waals surface area contributed by atoms with Crippen LogP contribution >= 0.6 is 0 Å². The molecule has 0 saturated heterocycles. The first-order chi connectivity index (χ1) is 4.97. The van der Waals surface area contributed by atoms with E-state index in [2.05, 4.69) is 22.4 Å². The third-order valence-electron chi connectivity index (χ3n) is 2.08. The van der Waals surface area contributed by atoms with Crippen molar-refractivity contribution in [1.29, 1.82) is 0 Å².